The summed E-state index contributed by atoms with van der Waals surface area (Å²) in [6, 6.07) is -1.17. The Labute approximate surface area is 51.5 Å². The van der Waals surface area contributed by atoms with Crippen LogP contribution in [0.1, 0.15) is 0 Å². The quantitative estimate of drug-likeness (QED) is 0.319. The summed E-state index contributed by atoms with van der Waals surface area (Å²) >= 11 is 0. The standard InChI is InChI=1S/C4H6N2O3/c5-2-6-3(1-7)4(8)9/h3,6-7H,1H2,(H,8,9)/t3-/m0/s1. The Morgan fingerprint density at radius 3 is 2.56 bits per heavy atom. The second-order valence-electron chi connectivity index (χ2n) is 1.33. The van der Waals surface area contributed by atoms with Crippen LogP contribution in [-0.4, -0.2) is 28.8 Å². The van der Waals surface area contributed by atoms with Gasteiger partial charge < -0.3 is 15.5 Å². The van der Waals surface area contributed by atoms with Gasteiger partial charge >= 0.3 is 5.97 Å². The Morgan fingerprint density at radius 1 is 1.89 bits per heavy atom. The third kappa shape index (κ3) is 2.51. The lowest BCUT2D eigenvalue weighted by Gasteiger charge is -2.03. The average Bonchev–Trinajstić information content (AvgIpc) is 1.82. The second-order valence-corrected chi connectivity index (χ2v) is 1.33. The van der Waals surface area contributed by atoms with Crippen molar-refractivity contribution in [2.24, 2.45) is 0 Å². The number of carbonyl (C=O) groups is 1. The Hall–Kier alpha value is -1.28. The molecule has 0 aliphatic heterocycles. The zero-order valence-electron chi connectivity index (χ0n) is 4.53. The number of nitriles is 1. The highest BCUT2D eigenvalue weighted by molar-refractivity contribution is 5.73. The number of aliphatic hydroxyl groups is 1. The van der Waals surface area contributed by atoms with E-state index in [9.17, 15) is 4.79 Å². The van der Waals surface area contributed by atoms with E-state index in [1.165, 1.54) is 6.19 Å². The highest BCUT2D eigenvalue weighted by Crippen LogP contribution is 1.78. The maximum absolute atomic E-state index is 9.95. The zero-order valence-corrected chi connectivity index (χ0v) is 4.53. The smallest absolute Gasteiger partial charge is 0.329 e. The number of hydrogen-bond donors (Lipinski definition) is 3. The SMILES string of the molecule is N#CN[C@@H](CO)C(=O)O. The van der Waals surface area contributed by atoms with Gasteiger partial charge in [-0.1, -0.05) is 0 Å². The number of hydrogen-bond acceptors (Lipinski definition) is 4. The van der Waals surface area contributed by atoms with Crippen molar-refractivity contribution in [3.8, 4) is 6.19 Å². The van der Waals surface area contributed by atoms with E-state index >= 15 is 0 Å². The van der Waals surface area contributed by atoms with Gasteiger partial charge in [0.15, 0.2) is 12.2 Å². The molecule has 0 amide bonds. The monoisotopic (exact) mass is 130 g/mol. The molecular weight excluding hydrogens is 124 g/mol. The van der Waals surface area contributed by atoms with Gasteiger partial charge in [-0.05, 0) is 0 Å². The van der Waals surface area contributed by atoms with E-state index in [0.29, 0.717) is 0 Å². The van der Waals surface area contributed by atoms with Crippen LogP contribution in [0.3, 0.4) is 0 Å². The summed E-state index contributed by atoms with van der Waals surface area (Å²) in [7, 11) is 0. The molecule has 0 heterocycles. The minimum absolute atomic E-state index is 0.580. The first-order valence-electron chi connectivity index (χ1n) is 2.20. The summed E-state index contributed by atoms with van der Waals surface area (Å²) in [5.41, 5.74) is 0. The van der Waals surface area contributed by atoms with E-state index in [4.69, 9.17) is 15.5 Å². The third-order valence-electron chi connectivity index (χ3n) is 0.719. The minimum atomic E-state index is -1.24. The summed E-state index contributed by atoms with van der Waals surface area (Å²) < 4.78 is 0. The van der Waals surface area contributed by atoms with Crippen LogP contribution < -0.4 is 5.32 Å². The number of nitrogens with zero attached hydrogens (tertiary/aromatic N) is 1. The number of carboxylic acids is 1. The van der Waals surface area contributed by atoms with E-state index < -0.39 is 18.6 Å². The molecule has 3 N–H and O–H groups in total. The molecule has 0 aromatic carbocycles. The van der Waals surface area contributed by atoms with Crippen LogP contribution in [-0.2, 0) is 4.79 Å². The summed E-state index contributed by atoms with van der Waals surface area (Å²) in [6.45, 7) is -0.580. The Morgan fingerprint density at radius 2 is 2.44 bits per heavy atom. The molecule has 0 saturated carbocycles. The van der Waals surface area contributed by atoms with Crippen LogP contribution in [0.15, 0.2) is 0 Å². The maximum Gasteiger partial charge on any atom is 0.329 e. The fourth-order valence-corrected chi connectivity index (χ4v) is 0.263. The summed E-state index contributed by atoms with van der Waals surface area (Å²) in [5, 5.41) is 26.1. The van der Waals surface area contributed by atoms with E-state index in [1.807, 2.05) is 5.32 Å². The molecule has 50 valence electrons. The summed E-state index contributed by atoms with van der Waals surface area (Å²) in [4.78, 5) is 9.95. The molecule has 0 aliphatic rings. The molecule has 0 aliphatic carbocycles. The molecule has 0 aromatic rings. The normalized spacial score (nSPS) is 11.6. The van der Waals surface area contributed by atoms with E-state index in [0.717, 1.165) is 0 Å². The first kappa shape index (κ1) is 7.72. The van der Waals surface area contributed by atoms with Crippen molar-refractivity contribution in [1.82, 2.24) is 5.32 Å². The molecule has 5 nitrogen and oxygen atoms in total. The van der Waals surface area contributed by atoms with E-state index in [2.05, 4.69) is 0 Å². The average molecular weight is 130 g/mol. The van der Waals surface area contributed by atoms with Crippen LogP contribution in [0.2, 0.25) is 0 Å². The number of aliphatic carboxylic acids is 1. The first-order valence-corrected chi connectivity index (χ1v) is 2.20. The first-order chi connectivity index (χ1) is 4.22. The number of aliphatic hydroxyl groups excluding tert-OH is 1. The molecule has 1 atom stereocenters. The van der Waals surface area contributed by atoms with Crippen molar-refractivity contribution in [3.63, 3.8) is 0 Å². The molecule has 0 radical (unpaired) electrons. The van der Waals surface area contributed by atoms with Crippen molar-refractivity contribution in [2.45, 2.75) is 6.04 Å². The maximum atomic E-state index is 9.95. The van der Waals surface area contributed by atoms with Crippen molar-refractivity contribution in [1.29, 1.82) is 5.26 Å². The van der Waals surface area contributed by atoms with Crippen LogP contribution in [0.5, 0.6) is 0 Å². The number of nitrogens with one attached hydrogen (secondary N) is 1. The highest BCUT2D eigenvalue weighted by atomic mass is 16.4. The molecule has 0 bridgehead atoms. The highest BCUT2D eigenvalue weighted by Gasteiger charge is 2.13. The fraction of sp³-hybridized carbons (Fsp3) is 0.500. The van der Waals surface area contributed by atoms with Gasteiger partial charge in [0.2, 0.25) is 0 Å². The predicted octanol–water partition coefficient (Wildman–Crippen LogP) is -1.50. The van der Waals surface area contributed by atoms with Gasteiger partial charge in [-0.25, -0.2) is 4.79 Å². The molecule has 5 heteroatoms. The molecule has 0 aromatic heterocycles. The molecule has 9 heavy (non-hydrogen) atoms. The van der Waals surface area contributed by atoms with Crippen molar-refractivity contribution < 1.29 is 15.0 Å². The lowest BCUT2D eigenvalue weighted by atomic mass is 10.3. The minimum Gasteiger partial charge on any atom is -0.480 e. The summed E-state index contributed by atoms with van der Waals surface area (Å²) in [6.07, 6.45) is 1.41. The number of carboxylic acid groups (broad SMARTS) is 1. The van der Waals surface area contributed by atoms with Crippen LogP contribution in [0, 0.1) is 11.5 Å². The van der Waals surface area contributed by atoms with Crippen molar-refractivity contribution >= 4 is 5.97 Å². The fourth-order valence-electron chi connectivity index (χ4n) is 0.263. The van der Waals surface area contributed by atoms with Crippen LogP contribution >= 0.6 is 0 Å². The summed E-state index contributed by atoms with van der Waals surface area (Å²) in [5.74, 6) is -1.24. The van der Waals surface area contributed by atoms with E-state index in [-0.39, 0.29) is 0 Å². The molecule has 0 fully saturated rings. The number of rotatable bonds is 3. The third-order valence-corrected chi connectivity index (χ3v) is 0.719. The van der Waals surface area contributed by atoms with Crippen molar-refractivity contribution in [3.05, 3.63) is 0 Å². The van der Waals surface area contributed by atoms with Gasteiger partial charge in [-0.15, -0.1) is 0 Å². The predicted molar refractivity (Wildman–Crippen MR) is 27.3 cm³/mol. The second kappa shape index (κ2) is 3.69. The van der Waals surface area contributed by atoms with Crippen LogP contribution in [0.25, 0.3) is 0 Å². The lowest BCUT2D eigenvalue weighted by molar-refractivity contribution is -0.140. The van der Waals surface area contributed by atoms with Gasteiger partial charge in [0.1, 0.15) is 0 Å². The Balaban J connectivity index is 3.71. The molecule has 0 unspecified atom stereocenters. The lowest BCUT2D eigenvalue weighted by Crippen LogP contribution is -2.36. The van der Waals surface area contributed by atoms with Crippen molar-refractivity contribution in [2.75, 3.05) is 6.61 Å². The van der Waals surface area contributed by atoms with Gasteiger partial charge in [-0.3, -0.25) is 0 Å². The molecule has 0 spiro atoms. The van der Waals surface area contributed by atoms with Gasteiger partial charge in [0.05, 0.1) is 6.61 Å². The van der Waals surface area contributed by atoms with Crippen LogP contribution in [0.4, 0.5) is 0 Å². The molecular formula is C4H6N2O3. The van der Waals surface area contributed by atoms with E-state index in [1.54, 1.807) is 0 Å². The van der Waals surface area contributed by atoms with Gasteiger partial charge in [0.25, 0.3) is 0 Å². The zero-order chi connectivity index (χ0) is 7.28. The largest absolute Gasteiger partial charge is 0.480 e. The Bertz CT molecular complexity index is 139. The molecule has 0 rings (SSSR count). The topological polar surface area (TPSA) is 93.4 Å². The molecule has 0 saturated heterocycles. The Kier molecular flexibility index (Phi) is 3.16. The van der Waals surface area contributed by atoms with Gasteiger partial charge in [0, 0.05) is 0 Å². The van der Waals surface area contributed by atoms with Gasteiger partial charge in [-0.2, -0.15) is 5.26 Å².